The van der Waals surface area contributed by atoms with Gasteiger partial charge in [-0.3, -0.25) is 14.5 Å². The zero-order chi connectivity index (χ0) is 26.7. The van der Waals surface area contributed by atoms with Crippen LogP contribution in [0.25, 0.3) is 5.76 Å². The third-order valence-electron chi connectivity index (χ3n) is 6.28. The Labute approximate surface area is 216 Å². The predicted molar refractivity (Wildman–Crippen MR) is 142 cm³/mol. The molecular formula is C30H31NO6. The van der Waals surface area contributed by atoms with E-state index in [1.165, 1.54) is 12.0 Å². The van der Waals surface area contributed by atoms with Crippen molar-refractivity contribution in [1.82, 2.24) is 0 Å². The highest BCUT2D eigenvalue weighted by Gasteiger charge is 2.47. The third-order valence-corrected chi connectivity index (χ3v) is 6.28. The van der Waals surface area contributed by atoms with Crippen LogP contribution in [0.1, 0.15) is 42.1 Å². The van der Waals surface area contributed by atoms with E-state index in [-0.39, 0.29) is 11.3 Å². The molecule has 1 fully saturated rings. The number of anilines is 1. The first-order chi connectivity index (χ1) is 17.8. The molecule has 0 radical (unpaired) electrons. The van der Waals surface area contributed by atoms with Crippen molar-refractivity contribution in [3.8, 4) is 17.2 Å². The molecular weight excluding hydrogens is 470 g/mol. The van der Waals surface area contributed by atoms with Gasteiger partial charge in [0.1, 0.15) is 11.5 Å². The van der Waals surface area contributed by atoms with Crippen molar-refractivity contribution in [1.29, 1.82) is 0 Å². The summed E-state index contributed by atoms with van der Waals surface area (Å²) in [5.41, 5.74) is 3.32. The minimum absolute atomic E-state index is 0.00118. The van der Waals surface area contributed by atoms with Crippen LogP contribution in [-0.4, -0.2) is 37.1 Å². The van der Waals surface area contributed by atoms with E-state index in [2.05, 4.69) is 0 Å². The number of aliphatic hydroxyl groups excluding tert-OH is 1. The number of amides is 1. The Morgan fingerprint density at radius 2 is 1.59 bits per heavy atom. The minimum atomic E-state index is -0.877. The summed E-state index contributed by atoms with van der Waals surface area (Å²) >= 11 is 0. The van der Waals surface area contributed by atoms with E-state index in [1.54, 1.807) is 42.5 Å². The number of nitrogens with zero attached hydrogens (tertiary/aromatic N) is 1. The highest BCUT2D eigenvalue weighted by Crippen LogP contribution is 2.44. The number of hydrogen-bond donors (Lipinski definition) is 1. The average Bonchev–Trinajstić information content (AvgIpc) is 3.15. The number of aliphatic hydroxyl groups is 1. The van der Waals surface area contributed by atoms with Gasteiger partial charge in [0.05, 0.1) is 31.9 Å². The molecule has 4 rings (SSSR count). The van der Waals surface area contributed by atoms with Crippen LogP contribution in [-0.2, 0) is 9.59 Å². The van der Waals surface area contributed by atoms with Crippen molar-refractivity contribution in [2.45, 2.75) is 33.7 Å². The maximum Gasteiger partial charge on any atom is 0.300 e. The number of aryl methyl sites for hydroxylation is 2. The van der Waals surface area contributed by atoms with Crippen molar-refractivity contribution < 1.29 is 28.9 Å². The first-order valence-electron chi connectivity index (χ1n) is 12.2. The summed E-state index contributed by atoms with van der Waals surface area (Å²) < 4.78 is 16.8. The first-order valence-corrected chi connectivity index (χ1v) is 12.2. The average molecular weight is 502 g/mol. The predicted octanol–water partition coefficient (Wildman–Crippen LogP) is 5.74. The topological polar surface area (TPSA) is 85.3 Å². The second-order valence-corrected chi connectivity index (χ2v) is 8.76. The van der Waals surface area contributed by atoms with E-state index >= 15 is 0 Å². The van der Waals surface area contributed by atoms with Gasteiger partial charge < -0.3 is 19.3 Å². The summed E-state index contributed by atoms with van der Waals surface area (Å²) in [4.78, 5) is 28.3. The molecule has 1 amide bonds. The molecule has 0 spiro atoms. The van der Waals surface area contributed by atoms with Crippen LogP contribution >= 0.6 is 0 Å². The van der Waals surface area contributed by atoms with E-state index < -0.39 is 17.7 Å². The van der Waals surface area contributed by atoms with Crippen molar-refractivity contribution >= 4 is 23.1 Å². The van der Waals surface area contributed by atoms with E-state index in [1.807, 2.05) is 45.9 Å². The monoisotopic (exact) mass is 501 g/mol. The number of benzene rings is 3. The van der Waals surface area contributed by atoms with Gasteiger partial charge in [-0.1, -0.05) is 18.2 Å². The van der Waals surface area contributed by atoms with E-state index in [0.29, 0.717) is 47.3 Å². The quantitative estimate of drug-likeness (QED) is 0.241. The summed E-state index contributed by atoms with van der Waals surface area (Å²) in [6.45, 7) is 8.51. The van der Waals surface area contributed by atoms with Gasteiger partial charge in [-0.15, -0.1) is 0 Å². The van der Waals surface area contributed by atoms with Gasteiger partial charge in [-0.2, -0.15) is 0 Å². The summed E-state index contributed by atoms with van der Waals surface area (Å²) in [6, 6.07) is 16.9. The highest BCUT2D eigenvalue weighted by molar-refractivity contribution is 6.51. The number of ketones is 1. The molecule has 1 unspecified atom stereocenters. The lowest BCUT2D eigenvalue weighted by Gasteiger charge is -2.26. The van der Waals surface area contributed by atoms with E-state index in [9.17, 15) is 14.7 Å². The number of carbonyl (C=O) groups excluding carboxylic acids is 2. The Hall–Kier alpha value is -4.26. The number of rotatable bonds is 8. The number of Topliss-reactive ketones (excluding diaryl/α,β-unsaturated/α-hetero) is 1. The van der Waals surface area contributed by atoms with Crippen molar-refractivity contribution in [3.05, 3.63) is 88.5 Å². The molecule has 0 bridgehead atoms. The molecule has 37 heavy (non-hydrogen) atoms. The zero-order valence-electron chi connectivity index (χ0n) is 21.7. The van der Waals surface area contributed by atoms with Crippen molar-refractivity contribution in [3.63, 3.8) is 0 Å². The van der Waals surface area contributed by atoms with E-state index in [4.69, 9.17) is 14.2 Å². The molecule has 0 aromatic heterocycles. The smallest absolute Gasteiger partial charge is 0.300 e. The molecule has 3 aromatic rings. The van der Waals surface area contributed by atoms with Gasteiger partial charge in [0, 0.05) is 11.3 Å². The Bertz CT molecular complexity index is 1380. The fourth-order valence-corrected chi connectivity index (χ4v) is 4.59. The van der Waals surface area contributed by atoms with Gasteiger partial charge in [0.25, 0.3) is 11.7 Å². The summed E-state index contributed by atoms with van der Waals surface area (Å²) in [5, 5.41) is 11.5. The number of methoxy groups -OCH3 is 1. The summed E-state index contributed by atoms with van der Waals surface area (Å²) in [5.74, 6) is -0.0323. The summed E-state index contributed by atoms with van der Waals surface area (Å²) in [7, 11) is 1.53. The van der Waals surface area contributed by atoms with Crippen LogP contribution < -0.4 is 19.1 Å². The summed E-state index contributed by atoms with van der Waals surface area (Å²) in [6.07, 6.45) is 0. The maximum atomic E-state index is 13.5. The lowest BCUT2D eigenvalue weighted by Crippen LogP contribution is -2.29. The molecule has 0 saturated carbocycles. The SMILES string of the molecule is CCOc1ccc(/C(O)=C2/C(=O)C(=O)N(c3cccc(C)c3)C2c2ccc(OCC)c(OC)c2)cc1C. The number of carbonyl (C=O) groups is 2. The molecule has 192 valence electrons. The Kier molecular flexibility index (Phi) is 7.53. The maximum absolute atomic E-state index is 13.5. The Balaban J connectivity index is 1.94. The molecule has 1 saturated heterocycles. The van der Waals surface area contributed by atoms with Crippen LogP contribution in [0.2, 0.25) is 0 Å². The van der Waals surface area contributed by atoms with Gasteiger partial charge in [-0.25, -0.2) is 0 Å². The van der Waals surface area contributed by atoms with Crippen molar-refractivity contribution in [2.75, 3.05) is 25.2 Å². The normalized spacial score (nSPS) is 16.7. The molecule has 1 aliphatic rings. The minimum Gasteiger partial charge on any atom is -0.507 e. The molecule has 7 nitrogen and oxygen atoms in total. The molecule has 3 aromatic carbocycles. The van der Waals surface area contributed by atoms with Crippen LogP contribution in [0.15, 0.2) is 66.2 Å². The van der Waals surface area contributed by atoms with Gasteiger partial charge >= 0.3 is 0 Å². The molecule has 1 aliphatic heterocycles. The largest absolute Gasteiger partial charge is 0.507 e. The lowest BCUT2D eigenvalue weighted by molar-refractivity contribution is -0.132. The van der Waals surface area contributed by atoms with Gasteiger partial charge in [0.2, 0.25) is 0 Å². The molecule has 7 heteroatoms. The second kappa shape index (κ2) is 10.8. The highest BCUT2D eigenvalue weighted by atomic mass is 16.5. The zero-order valence-corrected chi connectivity index (χ0v) is 21.7. The van der Waals surface area contributed by atoms with Crippen molar-refractivity contribution in [2.24, 2.45) is 0 Å². The Morgan fingerprint density at radius 1 is 0.892 bits per heavy atom. The second-order valence-electron chi connectivity index (χ2n) is 8.76. The van der Waals surface area contributed by atoms with E-state index in [0.717, 1.165) is 11.1 Å². The van der Waals surface area contributed by atoms with Gasteiger partial charge in [-0.05, 0) is 86.8 Å². The fraction of sp³-hybridized carbons (Fsp3) is 0.267. The van der Waals surface area contributed by atoms with Crippen LogP contribution in [0.5, 0.6) is 17.2 Å². The molecule has 1 heterocycles. The lowest BCUT2D eigenvalue weighted by atomic mass is 9.94. The Morgan fingerprint density at radius 3 is 2.24 bits per heavy atom. The van der Waals surface area contributed by atoms with Crippen LogP contribution in [0.3, 0.4) is 0 Å². The fourth-order valence-electron chi connectivity index (χ4n) is 4.59. The van der Waals surface area contributed by atoms with Crippen LogP contribution in [0.4, 0.5) is 5.69 Å². The number of hydrogen-bond acceptors (Lipinski definition) is 6. The number of ether oxygens (including phenoxy) is 3. The molecule has 1 N–H and O–H groups in total. The first kappa shape index (κ1) is 25.8. The van der Waals surface area contributed by atoms with Crippen LogP contribution in [0, 0.1) is 13.8 Å². The standard InChI is InChI=1S/C30H31NO6/c1-6-36-23-13-12-21(16-19(23)4)28(32)26-27(20-11-14-24(37-7-2)25(17-20)35-5)31(30(34)29(26)33)22-10-8-9-18(3)15-22/h8-17,27,32H,6-7H2,1-5H3/b28-26-. The molecule has 1 atom stereocenters. The third kappa shape index (κ3) is 4.89. The molecule has 0 aliphatic carbocycles. The van der Waals surface area contributed by atoms with Gasteiger partial charge in [0.15, 0.2) is 11.5 Å².